The van der Waals surface area contributed by atoms with E-state index in [1.165, 1.54) is 24.6 Å². The lowest BCUT2D eigenvalue weighted by Gasteiger charge is -2.21. The summed E-state index contributed by atoms with van der Waals surface area (Å²) in [5.41, 5.74) is 5.27. The Morgan fingerprint density at radius 3 is 2.86 bits per heavy atom. The third kappa shape index (κ3) is 2.21. The molecule has 1 saturated carbocycles. The van der Waals surface area contributed by atoms with Crippen LogP contribution in [0.5, 0.6) is 0 Å². The number of rotatable bonds is 2. The Morgan fingerprint density at radius 2 is 2.21 bits per heavy atom. The first kappa shape index (κ1) is 10.3. The second-order valence-electron chi connectivity index (χ2n) is 3.84. The second kappa shape index (κ2) is 4.08. The van der Waals surface area contributed by atoms with Gasteiger partial charge in [0.05, 0.1) is 12.7 Å². The summed E-state index contributed by atoms with van der Waals surface area (Å²) < 4.78 is 11.6. The van der Waals surface area contributed by atoms with Crippen LogP contribution in [0.25, 0.3) is 0 Å². The maximum absolute atomic E-state index is 7.10. The van der Waals surface area contributed by atoms with Gasteiger partial charge in [0.2, 0.25) is 0 Å². The minimum Gasteiger partial charge on any atom is -0.379 e. The minimum absolute atomic E-state index is 0.113. The largest absolute Gasteiger partial charge is 0.379 e. The SMILES string of the molecule is N=C(N)SCC1COC2(CCCC2)O1. The van der Waals surface area contributed by atoms with E-state index in [-0.39, 0.29) is 17.1 Å². The Labute approximate surface area is 88.0 Å². The number of thioether (sulfide) groups is 1. The van der Waals surface area contributed by atoms with Crippen molar-refractivity contribution in [1.82, 2.24) is 0 Å². The average molecular weight is 216 g/mol. The summed E-state index contributed by atoms with van der Waals surface area (Å²) >= 11 is 1.33. The van der Waals surface area contributed by atoms with Gasteiger partial charge in [-0.2, -0.15) is 0 Å². The van der Waals surface area contributed by atoms with E-state index in [2.05, 4.69) is 0 Å². The van der Waals surface area contributed by atoms with E-state index in [4.69, 9.17) is 20.6 Å². The standard InChI is InChI=1S/C9H16N2O2S/c10-8(11)14-6-7-5-12-9(13-7)3-1-2-4-9/h7H,1-6H2,(H3,10,11). The van der Waals surface area contributed by atoms with Crippen molar-refractivity contribution in [3.05, 3.63) is 0 Å². The molecule has 4 nitrogen and oxygen atoms in total. The van der Waals surface area contributed by atoms with E-state index in [9.17, 15) is 0 Å². The van der Waals surface area contributed by atoms with Gasteiger partial charge in [0.1, 0.15) is 0 Å². The Morgan fingerprint density at radius 1 is 1.50 bits per heavy atom. The number of ether oxygens (including phenoxy) is 2. The summed E-state index contributed by atoms with van der Waals surface area (Å²) in [5.74, 6) is 0.457. The van der Waals surface area contributed by atoms with Gasteiger partial charge in [-0.25, -0.2) is 0 Å². The lowest BCUT2D eigenvalue weighted by atomic mass is 10.2. The molecule has 1 saturated heterocycles. The van der Waals surface area contributed by atoms with E-state index in [1.807, 2.05) is 0 Å². The molecule has 0 aromatic rings. The molecule has 0 aromatic heterocycles. The third-order valence-corrected chi connectivity index (χ3v) is 3.55. The normalized spacial score (nSPS) is 29.9. The van der Waals surface area contributed by atoms with Crippen molar-refractivity contribution in [1.29, 1.82) is 5.41 Å². The Kier molecular flexibility index (Phi) is 2.99. The molecule has 1 heterocycles. The maximum Gasteiger partial charge on any atom is 0.168 e. The van der Waals surface area contributed by atoms with Gasteiger partial charge in [-0.05, 0) is 12.8 Å². The van der Waals surface area contributed by atoms with Crippen LogP contribution in [0.15, 0.2) is 0 Å². The van der Waals surface area contributed by atoms with E-state index in [0.717, 1.165) is 18.6 Å². The van der Waals surface area contributed by atoms with Crippen LogP contribution in [0.1, 0.15) is 25.7 Å². The van der Waals surface area contributed by atoms with Gasteiger partial charge < -0.3 is 15.2 Å². The summed E-state index contributed by atoms with van der Waals surface area (Å²) in [7, 11) is 0. The zero-order valence-corrected chi connectivity index (χ0v) is 8.94. The van der Waals surface area contributed by atoms with Gasteiger partial charge in [-0.3, -0.25) is 5.41 Å². The molecule has 1 aliphatic carbocycles. The Hall–Kier alpha value is -0.260. The fraction of sp³-hybridized carbons (Fsp3) is 0.889. The van der Waals surface area contributed by atoms with Gasteiger partial charge in [0.25, 0.3) is 0 Å². The molecule has 1 unspecified atom stereocenters. The Bertz CT molecular complexity index is 229. The van der Waals surface area contributed by atoms with Crippen LogP contribution < -0.4 is 5.73 Å². The number of nitrogens with two attached hydrogens (primary N) is 1. The lowest BCUT2D eigenvalue weighted by Crippen LogP contribution is -2.27. The Balaban J connectivity index is 1.79. The topological polar surface area (TPSA) is 68.3 Å². The molecule has 2 fully saturated rings. The third-order valence-electron chi connectivity index (χ3n) is 2.70. The molecule has 0 bridgehead atoms. The zero-order chi connectivity index (χ0) is 10.0. The predicted molar refractivity (Wildman–Crippen MR) is 56.4 cm³/mol. The maximum atomic E-state index is 7.10. The van der Waals surface area contributed by atoms with E-state index in [0.29, 0.717) is 6.61 Å². The monoisotopic (exact) mass is 216 g/mol. The highest BCUT2D eigenvalue weighted by atomic mass is 32.2. The van der Waals surface area contributed by atoms with E-state index >= 15 is 0 Å². The number of hydrogen-bond donors (Lipinski definition) is 2. The molecule has 1 atom stereocenters. The first-order chi connectivity index (χ1) is 6.70. The predicted octanol–water partition coefficient (Wildman–Crippen LogP) is 1.30. The van der Waals surface area contributed by atoms with Crippen LogP contribution in [0.3, 0.4) is 0 Å². The van der Waals surface area contributed by atoms with E-state index in [1.54, 1.807) is 0 Å². The van der Waals surface area contributed by atoms with Gasteiger partial charge in [-0.15, -0.1) is 0 Å². The molecule has 2 aliphatic rings. The quantitative estimate of drug-likeness (QED) is 0.539. The van der Waals surface area contributed by atoms with Gasteiger partial charge in [-0.1, -0.05) is 11.8 Å². The molecule has 14 heavy (non-hydrogen) atoms. The second-order valence-corrected chi connectivity index (χ2v) is 4.91. The fourth-order valence-electron chi connectivity index (χ4n) is 2.06. The first-order valence-corrected chi connectivity index (χ1v) is 5.97. The fourth-order valence-corrected chi connectivity index (χ4v) is 2.59. The van der Waals surface area contributed by atoms with Crippen LogP contribution in [-0.4, -0.2) is 29.4 Å². The van der Waals surface area contributed by atoms with Crippen LogP contribution in [0, 0.1) is 5.41 Å². The van der Waals surface area contributed by atoms with Crippen molar-refractivity contribution < 1.29 is 9.47 Å². The van der Waals surface area contributed by atoms with Gasteiger partial charge >= 0.3 is 0 Å². The van der Waals surface area contributed by atoms with Crippen molar-refractivity contribution in [3.63, 3.8) is 0 Å². The number of amidine groups is 1. The highest BCUT2D eigenvalue weighted by Gasteiger charge is 2.43. The molecule has 0 amide bonds. The van der Waals surface area contributed by atoms with E-state index < -0.39 is 0 Å². The van der Waals surface area contributed by atoms with Crippen molar-refractivity contribution in [2.24, 2.45) is 5.73 Å². The highest BCUT2D eigenvalue weighted by molar-refractivity contribution is 8.13. The van der Waals surface area contributed by atoms with Gasteiger partial charge in [0.15, 0.2) is 11.0 Å². The van der Waals surface area contributed by atoms with Crippen molar-refractivity contribution in [2.75, 3.05) is 12.4 Å². The molecule has 1 aliphatic heterocycles. The summed E-state index contributed by atoms with van der Waals surface area (Å²) in [6.07, 6.45) is 4.56. The van der Waals surface area contributed by atoms with Crippen LogP contribution >= 0.6 is 11.8 Å². The van der Waals surface area contributed by atoms with Crippen molar-refractivity contribution >= 4 is 16.9 Å². The van der Waals surface area contributed by atoms with Crippen LogP contribution in [0.4, 0.5) is 0 Å². The van der Waals surface area contributed by atoms with Crippen LogP contribution in [0.2, 0.25) is 0 Å². The zero-order valence-electron chi connectivity index (χ0n) is 8.12. The molecule has 3 N–H and O–H groups in total. The molecule has 0 radical (unpaired) electrons. The molecule has 5 heteroatoms. The highest BCUT2D eigenvalue weighted by Crippen LogP contribution is 2.39. The lowest BCUT2D eigenvalue weighted by molar-refractivity contribution is -0.159. The summed E-state index contributed by atoms with van der Waals surface area (Å²) in [5, 5.41) is 7.26. The molecular formula is C9H16N2O2S. The molecule has 0 aromatic carbocycles. The number of nitrogens with one attached hydrogen (secondary N) is 1. The molecule has 1 spiro atoms. The molecule has 80 valence electrons. The van der Waals surface area contributed by atoms with Crippen molar-refractivity contribution in [2.45, 2.75) is 37.6 Å². The van der Waals surface area contributed by atoms with Crippen LogP contribution in [-0.2, 0) is 9.47 Å². The number of hydrogen-bond acceptors (Lipinski definition) is 4. The minimum atomic E-state index is -0.276. The van der Waals surface area contributed by atoms with Gasteiger partial charge in [0, 0.05) is 18.6 Å². The van der Waals surface area contributed by atoms with Crippen molar-refractivity contribution in [3.8, 4) is 0 Å². The molecular weight excluding hydrogens is 200 g/mol. The molecule has 2 rings (SSSR count). The average Bonchev–Trinajstić information content (AvgIpc) is 2.74. The smallest absolute Gasteiger partial charge is 0.168 e. The first-order valence-electron chi connectivity index (χ1n) is 4.99. The summed E-state index contributed by atoms with van der Waals surface area (Å²) in [4.78, 5) is 0. The summed E-state index contributed by atoms with van der Waals surface area (Å²) in [6, 6.07) is 0. The summed E-state index contributed by atoms with van der Waals surface area (Å²) in [6.45, 7) is 0.653.